The Labute approximate surface area is 186 Å². The van der Waals surface area contributed by atoms with Crippen molar-refractivity contribution in [1.82, 2.24) is 20.5 Å². The van der Waals surface area contributed by atoms with Crippen LogP contribution in [-0.4, -0.2) is 59.1 Å². The van der Waals surface area contributed by atoms with Crippen molar-refractivity contribution >= 4 is 34.9 Å². The van der Waals surface area contributed by atoms with Gasteiger partial charge in [0, 0.05) is 29.9 Å². The Morgan fingerprint density at radius 2 is 2.06 bits per heavy atom. The molecule has 1 aliphatic carbocycles. The molecule has 1 aromatic carbocycles. The molecule has 0 bridgehead atoms. The maximum Gasteiger partial charge on any atom is 0.271 e. The molecule has 3 N–H and O–H groups in total. The summed E-state index contributed by atoms with van der Waals surface area (Å²) < 4.78 is 0. The van der Waals surface area contributed by atoms with Gasteiger partial charge in [0.25, 0.3) is 5.91 Å². The molecule has 2 saturated heterocycles. The summed E-state index contributed by atoms with van der Waals surface area (Å²) >= 11 is 0. The number of fused-ring (bicyclic) bond motifs is 2. The van der Waals surface area contributed by atoms with Crippen LogP contribution >= 0.6 is 0 Å². The topological polar surface area (TPSA) is 111 Å². The van der Waals surface area contributed by atoms with Gasteiger partial charge in [-0.25, -0.2) is 0 Å². The number of carbonyl (C=O) groups excluding carboxylic acids is 4. The monoisotopic (exact) mass is 436 g/mol. The number of aromatic nitrogens is 1. The van der Waals surface area contributed by atoms with Crippen molar-refractivity contribution in [3.63, 3.8) is 0 Å². The van der Waals surface area contributed by atoms with Gasteiger partial charge in [0.2, 0.25) is 11.8 Å². The summed E-state index contributed by atoms with van der Waals surface area (Å²) in [6.45, 7) is 1.15. The summed E-state index contributed by atoms with van der Waals surface area (Å²) in [6.07, 6.45) is 4.61. The second kappa shape index (κ2) is 8.41. The predicted octanol–water partition coefficient (Wildman–Crippen LogP) is 1.62. The van der Waals surface area contributed by atoms with Gasteiger partial charge in [0.05, 0.1) is 6.04 Å². The van der Waals surface area contributed by atoms with Gasteiger partial charge in [-0.1, -0.05) is 24.6 Å². The molecule has 8 heteroatoms. The van der Waals surface area contributed by atoms with Crippen LogP contribution < -0.4 is 10.6 Å². The van der Waals surface area contributed by atoms with Crippen molar-refractivity contribution in [2.75, 3.05) is 13.1 Å². The Kier molecular flexibility index (Phi) is 5.45. The SMILES string of the molecule is O=C[C@H](C[C@@H]1CCNC1=O)NC(=O)[C@@H]1[C@H]2CCC[C@H]2CN1C(=O)c1cc2ccccc2[nH]1. The number of benzene rings is 1. The standard InChI is InChI=1S/C24H28N4O4/c29-13-17(10-15-8-9-25-22(15)30)26-23(31)21-18-6-3-5-16(18)12-28(21)24(32)20-11-14-4-1-2-7-19(14)27-20/h1-2,4,7,11,13,15-18,21,27H,3,5-6,8-10,12H2,(H,25,30)(H,26,31)/t15-,16-,17-,18-,21-/m0/s1. The van der Waals surface area contributed by atoms with Crippen LogP contribution in [0.3, 0.4) is 0 Å². The molecule has 2 aromatic rings. The Morgan fingerprint density at radius 1 is 1.22 bits per heavy atom. The molecule has 8 nitrogen and oxygen atoms in total. The van der Waals surface area contributed by atoms with Crippen LogP contribution in [0.25, 0.3) is 10.9 Å². The fourth-order valence-electron chi connectivity index (χ4n) is 5.79. The summed E-state index contributed by atoms with van der Waals surface area (Å²) in [7, 11) is 0. The Hall–Kier alpha value is -3.16. The minimum absolute atomic E-state index is 0.0709. The van der Waals surface area contributed by atoms with Gasteiger partial charge in [0.1, 0.15) is 18.0 Å². The molecule has 3 amide bonds. The highest BCUT2D eigenvalue weighted by atomic mass is 16.2. The number of para-hydroxylation sites is 1. The van der Waals surface area contributed by atoms with E-state index in [4.69, 9.17) is 0 Å². The molecule has 168 valence electrons. The van der Waals surface area contributed by atoms with Crippen LogP contribution in [0.5, 0.6) is 0 Å². The molecule has 32 heavy (non-hydrogen) atoms. The number of hydrogen-bond donors (Lipinski definition) is 3. The number of likely N-dealkylation sites (tertiary alicyclic amines) is 1. The second-order valence-electron chi connectivity index (χ2n) is 9.29. The van der Waals surface area contributed by atoms with Crippen molar-refractivity contribution in [3.8, 4) is 0 Å². The molecule has 3 fully saturated rings. The zero-order chi connectivity index (χ0) is 22.2. The highest BCUT2D eigenvalue weighted by molar-refractivity contribution is 6.01. The molecule has 1 aromatic heterocycles. The van der Waals surface area contributed by atoms with Crippen LogP contribution in [0, 0.1) is 17.8 Å². The summed E-state index contributed by atoms with van der Waals surface area (Å²) in [5, 5.41) is 6.56. The Morgan fingerprint density at radius 3 is 2.81 bits per heavy atom. The number of aldehydes is 1. The highest BCUT2D eigenvalue weighted by Gasteiger charge is 2.50. The molecule has 3 heterocycles. The van der Waals surface area contributed by atoms with Gasteiger partial charge < -0.3 is 25.3 Å². The lowest BCUT2D eigenvalue weighted by Crippen LogP contribution is -2.52. The smallest absolute Gasteiger partial charge is 0.271 e. The molecule has 1 saturated carbocycles. The Bertz CT molecular complexity index is 1030. The third kappa shape index (κ3) is 3.67. The van der Waals surface area contributed by atoms with E-state index in [9.17, 15) is 19.2 Å². The van der Waals surface area contributed by atoms with Crippen molar-refractivity contribution in [2.45, 2.75) is 44.2 Å². The Balaban J connectivity index is 1.35. The maximum absolute atomic E-state index is 13.4. The number of hydrogen-bond acceptors (Lipinski definition) is 4. The predicted molar refractivity (Wildman–Crippen MR) is 118 cm³/mol. The minimum atomic E-state index is -0.734. The molecule has 0 spiro atoms. The third-order valence-corrected chi connectivity index (χ3v) is 7.37. The molecule has 3 aliphatic rings. The maximum atomic E-state index is 13.4. The summed E-state index contributed by atoms with van der Waals surface area (Å²) in [5.41, 5.74) is 1.35. The van der Waals surface area contributed by atoms with Crippen molar-refractivity contribution in [2.24, 2.45) is 17.8 Å². The van der Waals surface area contributed by atoms with Crippen LogP contribution in [0.15, 0.2) is 30.3 Å². The van der Waals surface area contributed by atoms with E-state index < -0.39 is 12.1 Å². The lowest BCUT2D eigenvalue weighted by atomic mass is 9.92. The van der Waals surface area contributed by atoms with Crippen molar-refractivity contribution in [1.29, 1.82) is 0 Å². The summed E-state index contributed by atoms with van der Waals surface area (Å²) in [5.74, 6) is -0.413. The number of carbonyl (C=O) groups is 4. The average molecular weight is 437 g/mol. The van der Waals surface area contributed by atoms with Crippen LogP contribution in [0.2, 0.25) is 0 Å². The first kappa shape index (κ1) is 20.7. The number of aromatic amines is 1. The quantitative estimate of drug-likeness (QED) is 0.598. The van der Waals surface area contributed by atoms with Crippen LogP contribution in [0.4, 0.5) is 0 Å². The molecule has 0 unspecified atom stereocenters. The number of nitrogens with one attached hydrogen (secondary N) is 3. The molecule has 5 atom stereocenters. The van der Waals surface area contributed by atoms with E-state index in [1.807, 2.05) is 30.3 Å². The first-order valence-electron chi connectivity index (χ1n) is 11.5. The van der Waals surface area contributed by atoms with Gasteiger partial charge in [-0.15, -0.1) is 0 Å². The van der Waals surface area contributed by atoms with Crippen molar-refractivity contribution in [3.05, 3.63) is 36.0 Å². The minimum Gasteiger partial charge on any atom is -0.356 e. The van der Waals surface area contributed by atoms with Crippen LogP contribution in [0.1, 0.15) is 42.6 Å². The normalized spacial score (nSPS) is 27.9. The van der Waals surface area contributed by atoms with E-state index in [-0.39, 0.29) is 36.0 Å². The van der Waals surface area contributed by atoms with Crippen LogP contribution in [-0.2, 0) is 14.4 Å². The largest absolute Gasteiger partial charge is 0.356 e. The van der Waals surface area contributed by atoms with Gasteiger partial charge >= 0.3 is 0 Å². The zero-order valence-corrected chi connectivity index (χ0v) is 17.9. The third-order valence-electron chi connectivity index (χ3n) is 7.37. The molecule has 5 rings (SSSR count). The van der Waals surface area contributed by atoms with Gasteiger partial charge in [-0.3, -0.25) is 14.4 Å². The molecular weight excluding hydrogens is 408 g/mol. The van der Waals surface area contributed by atoms with Gasteiger partial charge in [0.15, 0.2) is 0 Å². The average Bonchev–Trinajstić information content (AvgIpc) is 3.56. The number of rotatable bonds is 6. The fourth-order valence-corrected chi connectivity index (χ4v) is 5.79. The van der Waals surface area contributed by atoms with E-state index in [1.165, 1.54) is 0 Å². The highest BCUT2D eigenvalue weighted by Crippen LogP contribution is 2.43. The lowest BCUT2D eigenvalue weighted by molar-refractivity contribution is -0.129. The summed E-state index contributed by atoms with van der Waals surface area (Å²) in [6, 6.07) is 8.19. The fraction of sp³-hybridized carbons (Fsp3) is 0.500. The number of H-pyrrole nitrogens is 1. The molecule has 2 aliphatic heterocycles. The molecule has 0 radical (unpaired) electrons. The second-order valence-corrected chi connectivity index (χ2v) is 9.29. The number of amides is 3. The van der Waals surface area contributed by atoms with E-state index >= 15 is 0 Å². The van der Waals surface area contributed by atoms with Gasteiger partial charge in [-0.05, 0) is 49.7 Å². The van der Waals surface area contributed by atoms with E-state index in [2.05, 4.69) is 15.6 Å². The zero-order valence-electron chi connectivity index (χ0n) is 17.9. The first-order chi connectivity index (χ1) is 15.5. The van der Waals surface area contributed by atoms with E-state index in [0.717, 1.165) is 30.2 Å². The van der Waals surface area contributed by atoms with Gasteiger partial charge in [-0.2, -0.15) is 0 Å². The summed E-state index contributed by atoms with van der Waals surface area (Å²) in [4.78, 5) is 55.2. The van der Waals surface area contributed by atoms with E-state index in [1.54, 1.807) is 4.90 Å². The molecular formula is C24H28N4O4. The lowest BCUT2D eigenvalue weighted by Gasteiger charge is -2.28. The van der Waals surface area contributed by atoms with E-state index in [0.29, 0.717) is 37.4 Å². The number of nitrogens with zero attached hydrogens (tertiary/aromatic N) is 1. The first-order valence-corrected chi connectivity index (χ1v) is 11.5. The van der Waals surface area contributed by atoms with Crippen molar-refractivity contribution < 1.29 is 19.2 Å².